The van der Waals surface area contributed by atoms with Crippen molar-refractivity contribution in [2.75, 3.05) is 9.80 Å². The van der Waals surface area contributed by atoms with Crippen molar-refractivity contribution < 1.29 is 21.1 Å². The van der Waals surface area contributed by atoms with Gasteiger partial charge in [-0.05, 0) is 100 Å². The Bertz CT molecular complexity index is 3030. The second-order valence-electron chi connectivity index (χ2n) is 16.1. The molecule has 7 heteroatoms. The number of para-hydroxylation sites is 3. The molecule has 0 spiro atoms. The standard InChI is InChI=1S/C52H40BN5.Pt/c1-33(2)35-24-26-54-44(28-35)36-22-23-46-42(27-36)53-43-32-47-41(40-19-11-12-20-45(40)58(47)51-21-13-14-25-55-51)31-48(43)57(39-17-9-6-10-18-39)50-30-37(34(3)4)29-49(52(50)53)56(46)38-15-7-5-8-16-38;/h5-26,28-31,33-34H,1-4H3;/q-2;+2. The van der Waals surface area contributed by atoms with Crippen LogP contribution in [0, 0.1) is 12.1 Å². The fourth-order valence-electron chi connectivity index (χ4n) is 9.14. The normalized spacial score (nSPS) is 12.8. The Hall–Kier alpha value is -6.23. The molecule has 286 valence electrons. The summed E-state index contributed by atoms with van der Waals surface area (Å²) in [5.41, 5.74) is 16.8. The Balaban J connectivity index is 0.00000420. The minimum atomic E-state index is -0.177. The van der Waals surface area contributed by atoms with Crippen LogP contribution >= 0.6 is 0 Å². The van der Waals surface area contributed by atoms with Crippen LogP contribution in [0.1, 0.15) is 50.7 Å². The molecular weight excluding hydrogens is 900 g/mol. The van der Waals surface area contributed by atoms with Gasteiger partial charge in [0.25, 0.3) is 0 Å². The van der Waals surface area contributed by atoms with Gasteiger partial charge < -0.3 is 19.4 Å². The zero-order valence-electron chi connectivity index (χ0n) is 33.3. The Morgan fingerprint density at radius 2 is 1.17 bits per heavy atom. The van der Waals surface area contributed by atoms with E-state index in [0.717, 1.165) is 67.2 Å². The van der Waals surface area contributed by atoms with E-state index in [2.05, 4.69) is 194 Å². The van der Waals surface area contributed by atoms with E-state index >= 15 is 0 Å². The molecule has 0 atom stereocenters. The minimum Gasteiger partial charge on any atom is -0.366 e. The van der Waals surface area contributed by atoms with Crippen molar-refractivity contribution in [2.24, 2.45) is 0 Å². The van der Waals surface area contributed by atoms with E-state index in [1.165, 1.54) is 33.4 Å². The van der Waals surface area contributed by atoms with Crippen LogP contribution in [0.4, 0.5) is 34.1 Å². The summed E-state index contributed by atoms with van der Waals surface area (Å²) in [4.78, 5) is 14.7. The Kier molecular flexibility index (Phi) is 9.14. The first-order valence-electron chi connectivity index (χ1n) is 20.3. The second-order valence-corrected chi connectivity index (χ2v) is 16.1. The number of rotatable bonds is 6. The van der Waals surface area contributed by atoms with Crippen molar-refractivity contribution in [3.63, 3.8) is 0 Å². The summed E-state index contributed by atoms with van der Waals surface area (Å²) in [6.07, 6.45) is 3.80. The van der Waals surface area contributed by atoms with Crippen molar-refractivity contribution in [1.82, 2.24) is 14.5 Å². The summed E-state index contributed by atoms with van der Waals surface area (Å²) in [7, 11) is 0. The van der Waals surface area contributed by atoms with E-state index in [1.54, 1.807) is 0 Å². The Morgan fingerprint density at radius 3 is 1.85 bits per heavy atom. The number of nitrogens with zero attached hydrogens (tertiary/aromatic N) is 5. The van der Waals surface area contributed by atoms with Crippen LogP contribution in [0.25, 0.3) is 38.9 Å². The number of pyridine rings is 2. The van der Waals surface area contributed by atoms with Gasteiger partial charge in [0.15, 0.2) is 0 Å². The monoisotopic (exact) mass is 940 g/mol. The van der Waals surface area contributed by atoms with Crippen molar-refractivity contribution >= 4 is 79.0 Å². The van der Waals surface area contributed by atoms with Gasteiger partial charge in [0.2, 0.25) is 6.71 Å². The maximum Gasteiger partial charge on any atom is 2.00 e. The predicted octanol–water partition coefficient (Wildman–Crippen LogP) is 11.2. The van der Waals surface area contributed by atoms with Gasteiger partial charge in [0.1, 0.15) is 5.82 Å². The zero-order chi connectivity index (χ0) is 39.1. The summed E-state index contributed by atoms with van der Waals surface area (Å²) >= 11 is 0. The van der Waals surface area contributed by atoms with E-state index in [4.69, 9.17) is 9.97 Å². The van der Waals surface area contributed by atoms with Gasteiger partial charge in [-0.15, -0.1) is 40.7 Å². The van der Waals surface area contributed by atoms with Crippen LogP contribution in [0.3, 0.4) is 0 Å². The molecular formula is C52H40BN5Pt. The minimum absolute atomic E-state index is 0. The fraction of sp³-hybridized carbons (Fsp3) is 0.115. The van der Waals surface area contributed by atoms with Crippen LogP contribution < -0.4 is 26.2 Å². The third-order valence-corrected chi connectivity index (χ3v) is 12.0. The van der Waals surface area contributed by atoms with Gasteiger partial charge in [0, 0.05) is 40.7 Å². The molecule has 6 aromatic carbocycles. The SMILES string of the molecule is CC(C)c1ccnc(-c2[c-]c3c(cc2)N(c2ccccc2)c2cc(C(C)C)cc4c2B3c2[c-]c3c(cc2N4c2ccccc2)c2ccccc2n3-c2ccccn2)c1.[Pt+2]. The molecule has 3 aromatic heterocycles. The maximum absolute atomic E-state index is 4.91. The molecule has 0 fully saturated rings. The molecule has 59 heavy (non-hydrogen) atoms. The van der Waals surface area contributed by atoms with E-state index in [-0.39, 0.29) is 27.8 Å². The molecule has 0 aliphatic carbocycles. The van der Waals surface area contributed by atoms with Crippen LogP contribution in [0.15, 0.2) is 158 Å². The molecule has 0 N–H and O–H groups in total. The largest absolute Gasteiger partial charge is 2.00 e. The summed E-state index contributed by atoms with van der Waals surface area (Å²) < 4.78 is 2.28. The van der Waals surface area contributed by atoms with Gasteiger partial charge in [-0.2, -0.15) is 11.5 Å². The molecule has 5 heterocycles. The molecule has 0 saturated carbocycles. The number of fused-ring (bicyclic) bond motifs is 7. The summed E-state index contributed by atoms with van der Waals surface area (Å²) in [6, 6.07) is 60.7. The first-order chi connectivity index (χ1) is 28.4. The predicted molar refractivity (Wildman–Crippen MR) is 242 cm³/mol. The van der Waals surface area contributed by atoms with Gasteiger partial charge >= 0.3 is 21.1 Å². The molecule has 0 saturated heterocycles. The first kappa shape index (κ1) is 37.1. The van der Waals surface area contributed by atoms with Gasteiger partial charge in [0.05, 0.1) is 0 Å². The first-order valence-corrected chi connectivity index (χ1v) is 20.3. The molecule has 0 bridgehead atoms. The quantitative estimate of drug-likeness (QED) is 0.123. The number of aromatic nitrogens is 3. The third-order valence-electron chi connectivity index (χ3n) is 12.0. The zero-order valence-corrected chi connectivity index (χ0v) is 35.6. The molecule has 0 unspecified atom stereocenters. The Labute approximate surface area is 360 Å². The average molecular weight is 941 g/mol. The van der Waals surface area contributed by atoms with E-state index in [9.17, 15) is 0 Å². The molecule has 5 nitrogen and oxygen atoms in total. The Morgan fingerprint density at radius 1 is 0.525 bits per heavy atom. The molecule has 0 radical (unpaired) electrons. The van der Waals surface area contributed by atoms with E-state index < -0.39 is 0 Å². The third kappa shape index (κ3) is 5.87. The molecule has 2 aliphatic rings. The van der Waals surface area contributed by atoms with Gasteiger partial charge in [-0.3, -0.25) is 0 Å². The smallest absolute Gasteiger partial charge is 0.366 e. The number of hydrogen-bond acceptors (Lipinski definition) is 4. The molecule has 2 aliphatic heterocycles. The van der Waals surface area contributed by atoms with Crippen molar-refractivity contribution in [2.45, 2.75) is 39.5 Å². The molecule has 9 aromatic rings. The van der Waals surface area contributed by atoms with Crippen molar-refractivity contribution in [1.29, 1.82) is 0 Å². The summed E-state index contributed by atoms with van der Waals surface area (Å²) in [5.74, 6) is 1.55. The topological polar surface area (TPSA) is 37.2 Å². The number of benzene rings is 6. The van der Waals surface area contributed by atoms with Gasteiger partial charge in [-0.25, -0.2) is 4.98 Å². The van der Waals surface area contributed by atoms with Crippen LogP contribution in [-0.4, -0.2) is 21.2 Å². The second kappa shape index (κ2) is 14.6. The van der Waals surface area contributed by atoms with Crippen molar-refractivity contribution in [3.05, 3.63) is 181 Å². The average Bonchev–Trinajstić information content (AvgIpc) is 3.59. The number of anilines is 6. The van der Waals surface area contributed by atoms with Crippen LogP contribution in [0.2, 0.25) is 0 Å². The maximum atomic E-state index is 4.91. The van der Waals surface area contributed by atoms with Crippen LogP contribution in [0.5, 0.6) is 0 Å². The van der Waals surface area contributed by atoms with E-state index in [0.29, 0.717) is 11.8 Å². The number of hydrogen-bond donors (Lipinski definition) is 0. The van der Waals surface area contributed by atoms with E-state index in [1.807, 2.05) is 18.5 Å². The molecule has 0 amide bonds. The fourth-order valence-corrected chi connectivity index (χ4v) is 9.14. The summed E-state index contributed by atoms with van der Waals surface area (Å²) in [5, 5.41) is 2.31. The van der Waals surface area contributed by atoms with Crippen LogP contribution in [-0.2, 0) is 21.1 Å². The van der Waals surface area contributed by atoms with Gasteiger partial charge in [-0.1, -0.05) is 111 Å². The van der Waals surface area contributed by atoms with Crippen molar-refractivity contribution in [3.8, 4) is 17.1 Å². The molecule has 11 rings (SSSR count). The summed E-state index contributed by atoms with van der Waals surface area (Å²) in [6.45, 7) is 8.87.